The number of guanidine groups is 14. The van der Waals surface area contributed by atoms with Crippen molar-refractivity contribution in [2.45, 2.75) is 137 Å². The Hall–Kier alpha value is -13.9. The van der Waals surface area contributed by atoms with E-state index in [0.717, 1.165) is 82.0 Å². The summed E-state index contributed by atoms with van der Waals surface area (Å²) in [5.74, 6) is 16.0. The summed E-state index contributed by atoms with van der Waals surface area (Å²) in [5, 5.41) is 33.8. The molecule has 7 aliphatic rings. The maximum atomic E-state index is 5.63. The Morgan fingerprint density at radius 3 is 1.05 bits per heavy atom. The Balaban J connectivity index is 0.000000172. The Bertz CT molecular complexity index is 4570. The Morgan fingerprint density at radius 2 is 0.644 bits per heavy atom. The molecule has 14 rings (SSSR count). The van der Waals surface area contributed by atoms with E-state index in [1.807, 2.05) is 245 Å². The molecule has 15 N–H and O–H groups in total. The number of furan rings is 7. The van der Waals surface area contributed by atoms with E-state index in [-0.39, 0.29) is 43.2 Å². The molecule has 42 heteroatoms. The van der Waals surface area contributed by atoms with Gasteiger partial charge in [-0.2, -0.15) is 0 Å². The first kappa shape index (κ1) is 89.7. The van der Waals surface area contributed by atoms with E-state index in [0.29, 0.717) is 87.5 Å². The normalized spacial score (nSPS) is 21.2. The second-order valence-electron chi connectivity index (χ2n) is 27.6. The number of nitrogens with zero attached hydrogens (tertiary/aromatic N) is 22. The van der Waals surface area contributed by atoms with Crippen LogP contribution >= 0.6 is 0 Å². The van der Waals surface area contributed by atoms with Gasteiger partial charge in [0.05, 0.1) is 76.2 Å². The molecule has 0 aromatic carbocycles. The molecule has 118 heavy (non-hydrogen) atoms. The summed E-state index contributed by atoms with van der Waals surface area (Å²) in [6.45, 7) is 17.8. The Kier molecular flexibility index (Phi) is 34.4. The summed E-state index contributed by atoms with van der Waals surface area (Å²) >= 11 is 0. The zero-order chi connectivity index (χ0) is 85.2. The number of hydrogen-bond donors (Lipinski definition) is 13. The molecule has 7 unspecified atom stereocenters. The molecule has 1 fully saturated rings. The van der Waals surface area contributed by atoms with Crippen molar-refractivity contribution in [1.29, 1.82) is 0 Å². The van der Waals surface area contributed by atoms with Gasteiger partial charge in [-0.3, -0.25) is 46.8 Å². The number of aliphatic imine (C=N–C) groups is 14. The Labute approximate surface area is 688 Å². The van der Waals surface area contributed by atoms with Crippen LogP contribution in [0.25, 0.3) is 0 Å². The molecule has 0 bridgehead atoms. The average Bonchev–Trinajstić information content (AvgIpc) is 0.923. The number of hydrogen-bond acceptors (Lipinski definition) is 33. The minimum atomic E-state index is -0.143. The average molecular weight is 1630 g/mol. The van der Waals surface area contributed by atoms with Crippen LogP contribution in [-0.2, 0) is 45.8 Å². The third kappa shape index (κ3) is 30.2. The van der Waals surface area contributed by atoms with Gasteiger partial charge in [0.2, 0.25) is 41.7 Å². The quantitative estimate of drug-likeness (QED) is 0.0732. The summed E-state index contributed by atoms with van der Waals surface area (Å²) in [6, 6.07) is 26.5. The minimum Gasteiger partial charge on any atom is -0.467 e. The van der Waals surface area contributed by atoms with Crippen LogP contribution in [-0.4, -0.2) is 257 Å². The van der Waals surface area contributed by atoms with Crippen molar-refractivity contribution in [2.75, 3.05) is 91.6 Å². The molecule has 638 valence electrons. The second-order valence-corrected chi connectivity index (χ2v) is 27.6. The monoisotopic (exact) mass is 1630 g/mol. The van der Waals surface area contributed by atoms with Gasteiger partial charge in [-0.15, -0.1) is 0 Å². The van der Waals surface area contributed by atoms with Gasteiger partial charge in [0.15, 0.2) is 41.7 Å². The van der Waals surface area contributed by atoms with Crippen molar-refractivity contribution < 1.29 is 30.9 Å². The van der Waals surface area contributed by atoms with Gasteiger partial charge in [0, 0.05) is 91.6 Å². The molecule has 1 saturated heterocycles. The fourth-order valence-corrected chi connectivity index (χ4v) is 11.0. The summed E-state index contributed by atoms with van der Waals surface area (Å²) in [5.41, 5.74) is 11.2. The van der Waals surface area contributed by atoms with Crippen molar-refractivity contribution in [2.24, 2.45) is 81.4 Å². The van der Waals surface area contributed by atoms with E-state index in [4.69, 9.17) is 42.4 Å². The largest absolute Gasteiger partial charge is 0.467 e. The van der Waals surface area contributed by atoms with Crippen LogP contribution in [0.5, 0.6) is 0 Å². The van der Waals surface area contributed by atoms with Crippen LogP contribution in [0.3, 0.4) is 0 Å². The molecule has 7 aromatic rings. The summed E-state index contributed by atoms with van der Waals surface area (Å²) in [7, 11) is 25.0. The van der Waals surface area contributed by atoms with Crippen molar-refractivity contribution in [1.82, 2.24) is 97.7 Å². The lowest BCUT2D eigenvalue weighted by Gasteiger charge is -2.35. The van der Waals surface area contributed by atoms with Crippen molar-refractivity contribution in [3.63, 3.8) is 0 Å². The molecule has 0 amide bonds. The lowest BCUT2D eigenvalue weighted by atomic mass is 10.4. The zero-order valence-electron chi connectivity index (χ0n) is 71.0. The van der Waals surface area contributed by atoms with E-state index in [2.05, 4.69) is 133 Å². The van der Waals surface area contributed by atoms with E-state index in [9.17, 15) is 0 Å². The SMILES string of the molecule is CC1N=C(N(C)C)N(C)C(N(C)Cc2ccco2)=N1.CC1N=C(N(C)C)NC(=NCc2ccco2)N1.CC1N=C(N(C)C)NC(N(C)Cc2ccco2)=N1.CC1N=C(N)NC(=NCc2ccco2)N1.CC1N=C(N)NC(N(C)Cc2ccco2)=N1.CN=C1NC(=NCc2ccco2)NC(C)N1.CN=C1NC(N(C)Cc2ccco2)=NC(C)N1. The first-order valence-corrected chi connectivity index (χ1v) is 38.0. The highest BCUT2D eigenvalue weighted by Crippen LogP contribution is 2.15. The maximum absolute atomic E-state index is 5.63. The van der Waals surface area contributed by atoms with Crippen molar-refractivity contribution in [3.05, 3.63) is 169 Å². The van der Waals surface area contributed by atoms with Gasteiger partial charge >= 0.3 is 0 Å². The van der Waals surface area contributed by atoms with Crippen LogP contribution in [0.2, 0.25) is 0 Å². The minimum absolute atomic E-state index is 0.0176. The molecule has 0 spiro atoms. The lowest BCUT2D eigenvalue weighted by molar-refractivity contribution is 0.367. The van der Waals surface area contributed by atoms with Gasteiger partial charge in [-0.25, -0.2) is 59.9 Å². The highest BCUT2D eigenvalue weighted by atomic mass is 16.3. The van der Waals surface area contributed by atoms with Crippen LogP contribution in [0, 0.1) is 0 Å². The highest BCUT2D eigenvalue weighted by Gasteiger charge is 2.26. The molecule has 0 saturated carbocycles. The lowest BCUT2D eigenvalue weighted by Crippen LogP contribution is -2.61. The summed E-state index contributed by atoms with van der Waals surface area (Å²) in [4.78, 5) is 76.3. The van der Waals surface area contributed by atoms with Crippen molar-refractivity contribution >= 4 is 83.4 Å². The van der Waals surface area contributed by atoms with Crippen LogP contribution < -0.4 is 70.0 Å². The zero-order valence-corrected chi connectivity index (χ0v) is 71.0. The van der Waals surface area contributed by atoms with E-state index in [1.165, 1.54) is 0 Å². The molecule has 0 aliphatic carbocycles. The van der Waals surface area contributed by atoms with Gasteiger partial charge in [-0.1, -0.05) is 0 Å². The van der Waals surface area contributed by atoms with Gasteiger partial charge in [0.1, 0.15) is 97.0 Å². The number of nitrogens with one attached hydrogen (secondary N) is 11. The van der Waals surface area contributed by atoms with Crippen LogP contribution in [0.15, 0.2) is 230 Å². The summed E-state index contributed by atoms with van der Waals surface area (Å²) in [6.07, 6.45) is 11.4. The van der Waals surface area contributed by atoms with Crippen LogP contribution in [0.4, 0.5) is 0 Å². The second kappa shape index (κ2) is 45.3. The molecule has 0 radical (unpaired) electrons. The van der Waals surface area contributed by atoms with Crippen molar-refractivity contribution in [3.8, 4) is 0 Å². The predicted molar refractivity (Wildman–Crippen MR) is 462 cm³/mol. The summed E-state index contributed by atoms with van der Waals surface area (Å²) < 4.78 is 36.8. The molecular weight excluding hydrogens is 1520 g/mol. The maximum Gasteiger partial charge on any atom is 0.205 e. The number of rotatable bonds is 14. The molecular formula is C76H117N35O7. The molecule has 7 aromatic heterocycles. The topological polar surface area (TPSA) is 475 Å². The highest BCUT2D eigenvalue weighted by molar-refractivity contribution is 6.04. The standard InChI is InChI=1S/C13H21N5O.C12H19N5O.2C11H17N5O.2C10H15N5O.C9H13N5O/c1-10-14-12(16(2)3)18(5)13(15-10)17(4)9-11-7-6-8-19-11;1-9-13-11(16(2)3)15-12(14-9)17(4)8-10-6-5-7-18-10;1-8-13-10(15-11(14-8)16(2)3)12-7-9-5-4-6-17-9;1-8-13-10(12-2)15-11(14-8)16(3)7-9-5-4-6-17-9;1-7-12-9(11)14-10(13-7)15(2)6-8-4-3-5-16-8;1-7-13-9(11-2)15-10(14-7)12-6-8-4-3-5-16-8;1-6-12-8(10)14-9(13-6)11-5-7-3-2-4-15-7/h6-8,10H,9H2,1-5H3;5-7,9H,8H2,1-4H3,(H,13,14,15);2*4-6,8H,7H2,1-3H3,(H2,12,13,14,15);3-5,7H,6H2,1-2H3,(H3,11,12,13,14);3-5,7H,6H2,1-2H3,(H3,11,12,13,14,15);2-4,6H,5H2,1H3,(H4,10,11,12,13,14). The van der Waals surface area contributed by atoms with E-state index in [1.54, 1.807) is 57.9 Å². The molecule has 42 nitrogen and oxygen atoms in total. The third-order valence-electron chi connectivity index (χ3n) is 16.5. The third-order valence-corrected chi connectivity index (χ3v) is 16.5. The van der Waals surface area contributed by atoms with Gasteiger partial charge in [0.25, 0.3) is 0 Å². The fourth-order valence-electron chi connectivity index (χ4n) is 11.0. The molecule has 7 aliphatic heterocycles. The van der Waals surface area contributed by atoms with Gasteiger partial charge in [-0.05, 0) is 133 Å². The smallest absolute Gasteiger partial charge is 0.205 e. The van der Waals surface area contributed by atoms with Gasteiger partial charge < -0.3 is 103 Å². The molecule has 14 heterocycles. The fraction of sp³-hybridized carbons (Fsp3) is 0.447. The van der Waals surface area contributed by atoms with E-state index < -0.39 is 0 Å². The first-order chi connectivity index (χ1) is 56.5. The van der Waals surface area contributed by atoms with Crippen LogP contribution in [0.1, 0.15) is 88.8 Å². The van der Waals surface area contributed by atoms with E-state index >= 15 is 0 Å². The number of nitrogens with two attached hydrogens (primary N) is 2. The molecule has 7 atom stereocenters. The first-order valence-electron chi connectivity index (χ1n) is 38.0. The predicted octanol–water partition coefficient (Wildman–Crippen LogP) is 3.96. The Morgan fingerprint density at radius 1 is 0.331 bits per heavy atom.